The lowest BCUT2D eigenvalue weighted by atomic mass is 9.76. The molecule has 1 fully saturated rings. The molecule has 1 heterocycles. The third-order valence-corrected chi connectivity index (χ3v) is 7.96. The zero-order valence-corrected chi connectivity index (χ0v) is 20.3. The predicted octanol–water partition coefficient (Wildman–Crippen LogP) is 8.48. The van der Waals surface area contributed by atoms with E-state index in [0.29, 0.717) is 18.9 Å². The summed E-state index contributed by atoms with van der Waals surface area (Å²) in [5.74, 6) is -4.89. The van der Waals surface area contributed by atoms with Crippen LogP contribution in [0.3, 0.4) is 0 Å². The van der Waals surface area contributed by atoms with E-state index in [1.165, 1.54) is 55.5 Å². The first-order valence-electron chi connectivity index (χ1n) is 12.8. The molecule has 0 amide bonds. The van der Waals surface area contributed by atoms with Crippen molar-refractivity contribution in [3.05, 3.63) is 64.2 Å². The van der Waals surface area contributed by atoms with Crippen LogP contribution in [-0.2, 0) is 10.7 Å². The molecular weight excluding hydrogens is 456 g/mol. The predicted molar refractivity (Wildman–Crippen MR) is 128 cm³/mol. The second-order valence-electron chi connectivity index (χ2n) is 10.0. The molecule has 188 valence electrons. The maximum atomic E-state index is 15.6. The Kier molecular flexibility index (Phi) is 6.69. The molecule has 0 radical (unpaired) electrons. The van der Waals surface area contributed by atoms with Crippen molar-refractivity contribution in [3.8, 4) is 16.9 Å². The summed E-state index contributed by atoms with van der Waals surface area (Å²) < 4.78 is 72.6. The molecule has 1 saturated carbocycles. The summed E-state index contributed by atoms with van der Waals surface area (Å²) in [5, 5.41) is 0. The molecule has 0 bridgehead atoms. The van der Waals surface area contributed by atoms with E-state index in [4.69, 9.17) is 9.47 Å². The smallest absolute Gasteiger partial charge is 0.305 e. The molecule has 0 saturated heterocycles. The number of benzene rings is 2. The number of alkyl halides is 2. The van der Waals surface area contributed by atoms with Gasteiger partial charge in [-0.25, -0.2) is 8.78 Å². The fourth-order valence-electron chi connectivity index (χ4n) is 6.17. The van der Waals surface area contributed by atoms with Gasteiger partial charge in [-0.1, -0.05) is 38.0 Å². The number of hydrogen-bond acceptors (Lipinski definition) is 2. The summed E-state index contributed by atoms with van der Waals surface area (Å²) in [6.45, 7) is 4.41. The van der Waals surface area contributed by atoms with Crippen molar-refractivity contribution in [2.75, 3.05) is 13.2 Å². The molecular formula is C29H32F4O2. The zero-order chi connectivity index (χ0) is 24.7. The van der Waals surface area contributed by atoms with Crippen LogP contribution in [0.5, 0.6) is 5.75 Å². The van der Waals surface area contributed by atoms with Crippen LogP contribution in [0.15, 0.2) is 35.9 Å². The first-order chi connectivity index (χ1) is 16.9. The summed E-state index contributed by atoms with van der Waals surface area (Å²) in [5.41, 5.74) is -0.222. The summed E-state index contributed by atoms with van der Waals surface area (Å²) in [7, 11) is 0. The van der Waals surface area contributed by atoms with Crippen LogP contribution in [0.25, 0.3) is 11.1 Å². The largest absolute Gasteiger partial charge is 0.491 e. The molecule has 1 aliphatic heterocycles. The van der Waals surface area contributed by atoms with E-state index in [0.717, 1.165) is 18.8 Å². The Labute approximate surface area is 204 Å². The van der Waals surface area contributed by atoms with Gasteiger partial charge in [0.05, 0.1) is 30.4 Å². The lowest BCUT2D eigenvalue weighted by Gasteiger charge is -2.33. The monoisotopic (exact) mass is 488 g/mol. The van der Waals surface area contributed by atoms with Gasteiger partial charge in [-0.2, -0.15) is 8.78 Å². The second-order valence-corrected chi connectivity index (χ2v) is 10.0. The minimum Gasteiger partial charge on any atom is -0.491 e. The highest BCUT2D eigenvalue weighted by molar-refractivity contribution is 5.81. The van der Waals surface area contributed by atoms with E-state index < -0.39 is 34.8 Å². The molecule has 0 aromatic heterocycles. The average molecular weight is 489 g/mol. The van der Waals surface area contributed by atoms with Crippen LogP contribution in [0.1, 0.15) is 81.6 Å². The molecule has 2 aromatic rings. The fraction of sp³-hybridized carbons (Fsp3) is 0.517. The first kappa shape index (κ1) is 24.4. The van der Waals surface area contributed by atoms with Gasteiger partial charge in [-0.05, 0) is 79.7 Å². The van der Waals surface area contributed by atoms with Crippen molar-refractivity contribution in [1.82, 2.24) is 0 Å². The number of hydrogen-bond donors (Lipinski definition) is 0. The van der Waals surface area contributed by atoms with Crippen molar-refractivity contribution < 1.29 is 27.0 Å². The van der Waals surface area contributed by atoms with Gasteiger partial charge in [-0.3, -0.25) is 0 Å². The minimum absolute atomic E-state index is 0.00169. The van der Waals surface area contributed by atoms with Crippen molar-refractivity contribution in [2.45, 2.75) is 70.8 Å². The van der Waals surface area contributed by atoms with E-state index >= 15 is 13.2 Å². The Morgan fingerprint density at radius 2 is 1.63 bits per heavy atom. The number of rotatable bonds is 6. The Morgan fingerprint density at radius 1 is 0.943 bits per heavy atom. The van der Waals surface area contributed by atoms with Crippen LogP contribution in [0, 0.1) is 23.5 Å². The third kappa shape index (κ3) is 4.18. The van der Waals surface area contributed by atoms with Gasteiger partial charge < -0.3 is 9.47 Å². The van der Waals surface area contributed by atoms with E-state index in [1.807, 2.05) is 0 Å². The Bertz CT molecular complexity index is 1130. The van der Waals surface area contributed by atoms with E-state index in [1.54, 1.807) is 6.92 Å². The summed E-state index contributed by atoms with van der Waals surface area (Å²) in [4.78, 5) is 0. The van der Waals surface area contributed by atoms with Gasteiger partial charge in [0, 0.05) is 5.56 Å². The third-order valence-electron chi connectivity index (χ3n) is 7.96. The van der Waals surface area contributed by atoms with Crippen LogP contribution in [0.4, 0.5) is 17.6 Å². The summed E-state index contributed by atoms with van der Waals surface area (Å²) in [6.07, 6.45) is 9.20. The highest BCUT2D eigenvalue weighted by atomic mass is 19.3. The Balaban J connectivity index is 1.38. The highest BCUT2D eigenvalue weighted by Crippen LogP contribution is 2.55. The number of ether oxygens (including phenoxy) is 2. The molecule has 6 heteroatoms. The number of halogens is 4. The second kappa shape index (κ2) is 9.61. The van der Waals surface area contributed by atoms with Crippen LogP contribution < -0.4 is 4.74 Å². The lowest BCUT2D eigenvalue weighted by molar-refractivity contribution is 0.0355. The maximum absolute atomic E-state index is 15.6. The molecule has 2 aliphatic carbocycles. The van der Waals surface area contributed by atoms with E-state index in [9.17, 15) is 4.39 Å². The molecule has 0 spiro atoms. The normalized spacial score (nSPS) is 25.1. The first-order valence-corrected chi connectivity index (χ1v) is 12.8. The van der Waals surface area contributed by atoms with Crippen molar-refractivity contribution >= 4 is 0 Å². The van der Waals surface area contributed by atoms with Gasteiger partial charge in [0.1, 0.15) is 5.82 Å². The number of fused-ring (bicyclic) bond motifs is 3. The fourth-order valence-corrected chi connectivity index (χ4v) is 6.17. The van der Waals surface area contributed by atoms with Crippen molar-refractivity contribution in [2.24, 2.45) is 11.8 Å². The Morgan fingerprint density at radius 3 is 2.26 bits per heavy atom. The minimum atomic E-state index is -3.80. The SMILES string of the molecule is CCCC1CCC(C2=CCC(c3ccc4c(c3F)C(F)(F)c3c-4ccc(OCC)c3F)OC2)CC1. The molecule has 35 heavy (non-hydrogen) atoms. The molecule has 2 nitrogen and oxygen atoms in total. The average Bonchev–Trinajstić information content (AvgIpc) is 3.10. The standard InChI is InChI=1S/C29H32F4O2/c1-3-5-17-6-8-18(9-7-17)19-10-14-23(35-16-19)22-12-11-20-21-13-15-24(34-4-2)28(31)26(21)29(32,33)25(20)27(22)30/h10-13,15,17-18,23H,3-9,14,16H2,1-2H3. The van der Waals surface area contributed by atoms with E-state index in [-0.39, 0.29) is 29.0 Å². The van der Waals surface area contributed by atoms with Crippen LogP contribution in [0.2, 0.25) is 0 Å². The Hall–Kier alpha value is -2.34. The maximum Gasteiger partial charge on any atom is 0.305 e. The van der Waals surface area contributed by atoms with Gasteiger partial charge >= 0.3 is 5.92 Å². The van der Waals surface area contributed by atoms with Gasteiger partial charge in [0.25, 0.3) is 0 Å². The van der Waals surface area contributed by atoms with Crippen molar-refractivity contribution in [3.63, 3.8) is 0 Å². The highest BCUT2D eigenvalue weighted by Gasteiger charge is 2.50. The topological polar surface area (TPSA) is 18.5 Å². The van der Waals surface area contributed by atoms with Gasteiger partial charge in [0.15, 0.2) is 11.6 Å². The van der Waals surface area contributed by atoms with Crippen molar-refractivity contribution in [1.29, 1.82) is 0 Å². The van der Waals surface area contributed by atoms with E-state index in [2.05, 4.69) is 13.0 Å². The summed E-state index contributed by atoms with van der Waals surface area (Å²) in [6, 6.07) is 5.67. The quantitative estimate of drug-likeness (QED) is 0.300. The zero-order valence-electron chi connectivity index (χ0n) is 20.3. The molecule has 1 atom stereocenters. The van der Waals surface area contributed by atoms with Gasteiger partial charge in [0.2, 0.25) is 0 Å². The molecule has 1 unspecified atom stereocenters. The van der Waals surface area contributed by atoms with Gasteiger partial charge in [-0.15, -0.1) is 0 Å². The van der Waals surface area contributed by atoms with Crippen LogP contribution >= 0.6 is 0 Å². The molecule has 2 aromatic carbocycles. The van der Waals surface area contributed by atoms with Crippen LogP contribution in [-0.4, -0.2) is 13.2 Å². The lowest BCUT2D eigenvalue weighted by Crippen LogP contribution is -2.23. The summed E-state index contributed by atoms with van der Waals surface area (Å²) >= 11 is 0. The molecule has 0 N–H and O–H groups in total. The molecule has 3 aliphatic rings. The molecule has 5 rings (SSSR count).